The number of hydrogen-bond donors (Lipinski definition) is 2. The maximum Gasteiger partial charge on any atom is 0.485 e. The summed E-state index contributed by atoms with van der Waals surface area (Å²) in [6, 6.07) is 0. The lowest BCUT2D eigenvalue weighted by molar-refractivity contribution is -0.527. The minimum absolute atomic E-state index is 0.486. The molecule has 20 heavy (non-hydrogen) atoms. The molecular formula is C7H11F3N2O6S2. The second kappa shape index (κ2) is 6.51. The standard InChI is InChI=1S/C6H10N2O3S.CHF3O3S/c1-2-3-6-7-4-5-8(6)12(9,10)11;2-1(3,4)8(5,6)7/h4-5H,2-3H2,1H3,(H,9,10,11);(H,5,6,7). The molecule has 0 amide bonds. The molecule has 0 saturated heterocycles. The van der Waals surface area contributed by atoms with Crippen LogP contribution in [0.1, 0.15) is 19.2 Å². The van der Waals surface area contributed by atoms with Crippen molar-refractivity contribution in [1.82, 2.24) is 4.98 Å². The van der Waals surface area contributed by atoms with Gasteiger partial charge in [0, 0.05) is 0 Å². The minimum atomic E-state index is -6.09. The number of hydrogen-bond acceptors (Lipinski definition) is 5. The number of halogens is 3. The highest BCUT2D eigenvalue weighted by Gasteiger charge is 2.36. The molecule has 0 aromatic carbocycles. The van der Waals surface area contributed by atoms with Gasteiger partial charge in [-0.25, -0.2) is 13.4 Å². The van der Waals surface area contributed by atoms with Gasteiger partial charge in [0.15, 0.2) is 10.1 Å². The maximum atomic E-state index is 10.7. The van der Waals surface area contributed by atoms with Gasteiger partial charge in [-0.05, 0) is 6.42 Å². The van der Waals surface area contributed by atoms with Gasteiger partial charge < -0.3 is 4.55 Å². The van der Waals surface area contributed by atoms with Gasteiger partial charge in [-0.15, -0.1) is 0 Å². The van der Waals surface area contributed by atoms with E-state index in [-0.39, 0.29) is 0 Å². The fourth-order valence-electron chi connectivity index (χ4n) is 0.990. The normalized spacial score (nSPS) is 12.7. The summed E-state index contributed by atoms with van der Waals surface area (Å²) < 4.78 is 89.8. The van der Waals surface area contributed by atoms with E-state index >= 15 is 0 Å². The zero-order valence-electron chi connectivity index (χ0n) is 9.95. The summed E-state index contributed by atoms with van der Waals surface area (Å²) in [5, 5.41) is 0. The predicted octanol–water partition coefficient (Wildman–Crippen LogP) is -0.0430. The Bertz CT molecular complexity index is 634. The van der Waals surface area contributed by atoms with Crippen molar-refractivity contribution >= 4 is 20.4 Å². The van der Waals surface area contributed by atoms with Crippen molar-refractivity contribution in [2.45, 2.75) is 25.3 Å². The Hall–Kier alpha value is -1.18. The van der Waals surface area contributed by atoms with Crippen molar-refractivity contribution in [3.63, 3.8) is 0 Å². The van der Waals surface area contributed by atoms with Crippen LogP contribution in [0.3, 0.4) is 0 Å². The Morgan fingerprint density at radius 3 is 2.10 bits per heavy atom. The van der Waals surface area contributed by atoms with E-state index < -0.39 is 25.9 Å². The predicted molar refractivity (Wildman–Crippen MR) is 57.7 cm³/mol. The fourth-order valence-corrected chi connectivity index (χ4v) is 1.63. The highest BCUT2D eigenvalue weighted by molar-refractivity contribution is 7.86. The van der Waals surface area contributed by atoms with E-state index in [1.165, 1.54) is 12.4 Å². The van der Waals surface area contributed by atoms with E-state index in [9.17, 15) is 21.6 Å². The monoisotopic (exact) mass is 340 g/mol. The van der Waals surface area contributed by atoms with Crippen LogP contribution in [0.5, 0.6) is 0 Å². The highest BCUT2D eigenvalue weighted by Crippen LogP contribution is 2.20. The summed E-state index contributed by atoms with van der Waals surface area (Å²) in [6.07, 6.45) is 4.15. The number of rotatable bonds is 3. The third-order valence-electron chi connectivity index (χ3n) is 1.74. The van der Waals surface area contributed by atoms with E-state index in [2.05, 4.69) is 4.98 Å². The van der Waals surface area contributed by atoms with E-state index in [4.69, 9.17) is 17.5 Å². The van der Waals surface area contributed by atoms with Crippen molar-refractivity contribution in [2.75, 3.05) is 0 Å². The molecule has 0 spiro atoms. The molecule has 2 N–H and O–H groups in total. The molecule has 13 heteroatoms. The molecule has 1 heterocycles. The second-order valence-electron chi connectivity index (χ2n) is 3.33. The van der Waals surface area contributed by atoms with Gasteiger partial charge in [-0.3, -0.25) is 4.55 Å². The van der Waals surface area contributed by atoms with Crippen LogP contribution in [0.15, 0.2) is 12.4 Å². The van der Waals surface area contributed by atoms with Gasteiger partial charge in [0.25, 0.3) is 5.82 Å². The molecule has 0 aliphatic heterocycles. The molecule has 1 aromatic rings. The largest absolute Gasteiger partial charge is 0.741 e. The molecule has 0 unspecified atom stereocenters. The van der Waals surface area contributed by atoms with Crippen molar-refractivity contribution in [1.29, 1.82) is 0 Å². The number of alkyl halides is 3. The van der Waals surface area contributed by atoms with Crippen LogP contribution in [0.4, 0.5) is 13.2 Å². The lowest BCUT2D eigenvalue weighted by Crippen LogP contribution is -2.43. The molecule has 0 aliphatic rings. The molecular weight excluding hydrogens is 329 g/mol. The van der Waals surface area contributed by atoms with Crippen molar-refractivity contribution in [3.05, 3.63) is 18.2 Å². The van der Waals surface area contributed by atoms with Crippen LogP contribution in [0, 0.1) is 0 Å². The number of H-pyrrole nitrogens is 1. The van der Waals surface area contributed by atoms with Gasteiger partial charge in [-0.2, -0.15) is 21.6 Å². The lowest BCUT2D eigenvalue weighted by atomic mass is 10.3. The molecule has 1 aromatic heterocycles. The molecule has 8 nitrogen and oxygen atoms in total. The first kappa shape index (κ1) is 18.8. The van der Waals surface area contributed by atoms with E-state index in [0.29, 0.717) is 12.2 Å². The Morgan fingerprint density at radius 1 is 1.35 bits per heavy atom. The Morgan fingerprint density at radius 2 is 1.80 bits per heavy atom. The second-order valence-corrected chi connectivity index (χ2v) is 5.99. The topological polar surface area (TPSA) is 131 Å². The van der Waals surface area contributed by atoms with Gasteiger partial charge in [0.05, 0.1) is 6.42 Å². The van der Waals surface area contributed by atoms with Gasteiger partial charge in [0.1, 0.15) is 12.4 Å². The number of nitrogens with zero attached hydrogens (tertiary/aromatic N) is 1. The Labute approximate surface area is 112 Å². The van der Waals surface area contributed by atoms with Gasteiger partial charge in [-0.1, -0.05) is 10.9 Å². The summed E-state index contributed by atoms with van der Waals surface area (Å²) in [4.78, 5) is 2.74. The van der Waals surface area contributed by atoms with E-state index in [1.807, 2.05) is 6.92 Å². The fraction of sp³-hybridized carbons (Fsp3) is 0.571. The van der Waals surface area contributed by atoms with Crippen LogP contribution in [0.2, 0.25) is 0 Å². The third kappa shape index (κ3) is 5.85. The summed E-state index contributed by atoms with van der Waals surface area (Å²) in [7, 11) is -10.2. The van der Waals surface area contributed by atoms with Crippen molar-refractivity contribution in [3.8, 4) is 0 Å². The zero-order chi connectivity index (χ0) is 16.2. The van der Waals surface area contributed by atoms with Gasteiger partial charge in [0.2, 0.25) is 0 Å². The first-order chi connectivity index (χ1) is 8.80. The maximum absolute atomic E-state index is 10.7. The Balaban J connectivity index is 0.000000396. The van der Waals surface area contributed by atoms with Crippen LogP contribution < -0.4 is 3.97 Å². The van der Waals surface area contributed by atoms with Crippen LogP contribution >= 0.6 is 0 Å². The smallest absolute Gasteiger partial charge is 0.485 e. The SMILES string of the molecule is CCCc1[nH]cc[n+]1S(=O)(=O)O.O=S(=O)([O-])C(F)(F)F. The molecule has 0 radical (unpaired) electrons. The molecule has 0 aliphatic carbocycles. The number of nitrogens with one attached hydrogen (secondary N) is 1. The number of aryl methyl sites for hydroxylation is 1. The number of imidazole rings is 1. The van der Waals surface area contributed by atoms with Crippen LogP contribution in [-0.2, 0) is 26.8 Å². The molecule has 0 bridgehead atoms. The lowest BCUT2D eigenvalue weighted by Gasteiger charge is -2.08. The first-order valence-corrected chi connectivity index (χ1v) is 7.69. The van der Waals surface area contributed by atoms with Crippen molar-refractivity contribution < 1.29 is 43.1 Å². The summed E-state index contributed by atoms with van der Waals surface area (Å²) in [6.45, 7) is 1.93. The first-order valence-electron chi connectivity index (χ1n) is 4.88. The van der Waals surface area contributed by atoms with Crippen LogP contribution in [-0.4, -0.2) is 36.4 Å². The molecule has 0 fully saturated rings. The summed E-state index contributed by atoms with van der Waals surface area (Å²) >= 11 is 0. The molecule has 0 saturated carbocycles. The molecule has 0 atom stereocenters. The number of aromatic amines is 1. The van der Waals surface area contributed by atoms with Crippen molar-refractivity contribution in [2.24, 2.45) is 0 Å². The van der Waals surface area contributed by atoms with Crippen LogP contribution in [0.25, 0.3) is 0 Å². The zero-order valence-corrected chi connectivity index (χ0v) is 11.6. The van der Waals surface area contributed by atoms with Gasteiger partial charge >= 0.3 is 15.8 Å². The molecule has 1 rings (SSSR count). The average Bonchev–Trinajstić information content (AvgIpc) is 2.63. The minimum Gasteiger partial charge on any atom is -0.741 e. The van der Waals surface area contributed by atoms with E-state index in [0.717, 1.165) is 10.4 Å². The summed E-state index contributed by atoms with van der Waals surface area (Å²) in [5.74, 6) is 0.486. The quantitative estimate of drug-likeness (QED) is 0.451. The summed E-state index contributed by atoms with van der Waals surface area (Å²) in [5.41, 5.74) is -5.65. The molecule has 118 valence electrons. The Kier molecular flexibility index (Phi) is 6.13. The van der Waals surface area contributed by atoms with E-state index in [1.54, 1.807) is 0 Å². The number of aromatic nitrogens is 2. The third-order valence-corrected chi connectivity index (χ3v) is 3.15. The highest BCUT2D eigenvalue weighted by atomic mass is 32.2. The average molecular weight is 340 g/mol.